The summed E-state index contributed by atoms with van der Waals surface area (Å²) in [4.78, 5) is 25.0. The largest absolute Gasteiger partial charge is 0.369 e. The first-order valence-corrected chi connectivity index (χ1v) is 5.53. The Hall–Kier alpha value is -1.06. The van der Waals surface area contributed by atoms with Gasteiger partial charge in [-0.05, 0) is 18.8 Å². The zero-order valence-electron chi connectivity index (χ0n) is 9.32. The summed E-state index contributed by atoms with van der Waals surface area (Å²) in [6.07, 6.45) is 1.97. The van der Waals surface area contributed by atoms with Gasteiger partial charge in [0.05, 0.1) is 5.92 Å². The third-order valence-electron chi connectivity index (χ3n) is 3.78. The first-order chi connectivity index (χ1) is 6.94. The lowest BCUT2D eigenvalue weighted by Crippen LogP contribution is -2.35. The maximum absolute atomic E-state index is 12.0. The van der Waals surface area contributed by atoms with E-state index in [9.17, 15) is 9.59 Å². The molecule has 0 aromatic heterocycles. The van der Waals surface area contributed by atoms with Crippen LogP contribution in [0.2, 0.25) is 0 Å². The minimum absolute atomic E-state index is 0.133. The van der Waals surface area contributed by atoms with Gasteiger partial charge in [0, 0.05) is 18.5 Å². The van der Waals surface area contributed by atoms with Crippen LogP contribution in [0.25, 0.3) is 0 Å². The fraction of sp³-hybridized carbons (Fsp3) is 0.818. The Kier molecular flexibility index (Phi) is 2.24. The van der Waals surface area contributed by atoms with Crippen LogP contribution in [-0.4, -0.2) is 29.8 Å². The van der Waals surface area contributed by atoms with E-state index in [1.165, 1.54) is 0 Å². The Morgan fingerprint density at radius 1 is 1.33 bits per heavy atom. The van der Waals surface area contributed by atoms with Crippen molar-refractivity contribution in [2.75, 3.05) is 13.1 Å². The molecule has 1 saturated heterocycles. The first kappa shape index (κ1) is 10.5. The van der Waals surface area contributed by atoms with Crippen molar-refractivity contribution in [2.45, 2.75) is 26.7 Å². The van der Waals surface area contributed by atoms with Gasteiger partial charge in [-0.3, -0.25) is 9.59 Å². The first-order valence-electron chi connectivity index (χ1n) is 5.53. The van der Waals surface area contributed by atoms with Crippen molar-refractivity contribution in [1.29, 1.82) is 0 Å². The van der Waals surface area contributed by atoms with Crippen LogP contribution in [-0.2, 0) is 9.59 Å². The van der Waals surface area contributed by atoms with Crippen molar-refractivity contribution in [3.63, 3.8) is 0 Å². The number of nitrogens with two attached hydrogens (primary N) is 1. The molecule has 1 saturated carbocycles. The van der Waals surface area contributed by atoms with Gasteiger partial charge in [-0.25, -0.2) is 0 Å². The molecule has 15 heavy (non-hydrogen) atoms. The quantitative estimate of drug-likeness (QED) is 0.715. The van der Waals surface area contributed by atoms with Crippen molar-refractivity contribution in [2.24, 2.45) is 23.0 Å². The molecule has 4 heteroatoms. The highest BCUT2D eigenvalue weighted by Crippen LogP contribution is 2.47. The Morgan fingerprint density at radius 2 is 1.93 bits per heavy atom. The lowest BCUT2D eigenvalue weighted by molar-refractivity contribution is -0.135. The van der Waals surface area contributed by atoms with Crippen molar-refractivity contribution in [3.05, 3.63) is 0 Å². The molecule has 0 aromatic rings. The molecule has 0 spiro atoms. The summed E-state index contributed by atoms with van der Waals surface area (Å²) in [5, 5.41) is 0. The maximum atomic E-state index is 12.0. The molecule has 0 unspecified atom stereocenters. The van der Waals surface area contributed by atoms with Gasteiger partial charge in [0.25, 0.3) is 0 Å². The summed E-state index contributed by atoms with van der Waals surface area (Å²) in [7, 11) is 0. The molecule has 1 aliphatic carbocycles. The van der Waals surface area contributed by atoms with E-state index in [0.717, 1.165) is 12.8 Å². The van der Waals surface area contributed by atoms with E-state index in [1.54, 1.807) is 0 Å². The molecule has 2 fully saturated rings. The number of likely N-dealkylation sites (tertiary alicyclic amines) is 1. The molecule has 1 heterocycles. The van der Waals surface area contributed by atoms with Gasteiger partial charge in [-0.1, -0.05) is 13.8 Å². The van der Waals surface area contributed by atoms with Gasteiger partial charge >= 0.3 is 0 Å². The molecule has 4 nitrogen and oxygen atoms in total. The number of hydrogen-bond acceptors (Lipinski definition) is 2. The van der Waals surface area contributed by atoms with Crippen molar-refractivity contribution < 1.29 is 9.59 Å². The van der Waals surface area contributed by atoms with Crippen molar-refractivity contribution >= 4 is 11.8 Å². The summed E-state index contributed by atoms with van der Waals surface area (Å²) in [5.41, 5.74) is 5.17. The van der Waals surface area contributed by atoms with Crippen molar-refractivity contribution in [1.82, 2.24) is 4.90 Å². The van der Waals surface area contributed by atoms with Crippen LogP contribution >= 0.6 is 0 Å². The molecule has 2 aliphatic rings. The van der Waals surface area contributed by atoms with E-state index in [2.05, 4.69) is 0 Å². The second-order valence-electron chi connectivity index (χ2n) is 5.26. The number of nitrogens with zero attached hydrogens (tertiary/aromatic N) is 1. The van der Waals surface area contributed by atoms with Gasteiger partial charge in [-0.2, -0.15) is 0 Å². The van der Waals surface area contributed by atoms with Crippen molar-refractivity contribution in [3.8, 4) is 0 Å². The summed E-state index contributed by atoms with van der Waals surface area (Å²) in [5.74, 6) is -0.0260. The minimum atomic E-state index is -0.279. The number of rotatable bonds is 2. The lowest BCUT2D eigenvalue weighted by Gasteiger charge is -2.20. The van der Waals surface area contributed by atoms with E-state index in [4.69, 9.17) is 5.73 Å². The van der Waals surface area contributed by atoms with E-state index in [1.807, 2.05) is 18.7 Å². The fourth-order valence-corrected chi connectivity index (χ4v) is 2.29. The number of primary amides is 1. The van der Waals surface area contributed by atoms with Gasteiger partial charge < -0.3 is 10.6 Å². The highest BCUT2D eigenvalue weighted by Gasteiger charge is 2.49. The van der Waals surface area contributed by atoms with Gasteiger partial charge in [0.2, 0.25) is 11.8 Å². The third-order valence-corrected chi connectivity index (χ3v) is 3.78. The number of amides is 2. The average molecular weight is 210 g/mol. The molecule has 2 amide bonds. The Morgan fingerprint density at radius 3 is 2.33 bits per heavy atom. The normalized spacial score (nSPS) is 32.8. The predicted octanol–water partition coefficient (Wildman–Crippen LogP) is 0.366. The Bertz CT molecular complexity index is 310. The molecule has 1 aliphatic heterocycles. The second-order valence-corrected chi connectivity index (χ2v) is 5.26. The molecule has 2 N–H and O–H groups in total. The standard InChI is InChI=1S/C11H18N2O2/c1-7-5-13(6-8(7)9(12)14)10(15)11(2)3-4-11/h7-8H,3-6H2,1-2H3,(H2,12,14)/t7-,8-/m1/s1. The van der Waals surface area contributed by atoms with Gasteiger partial charge in [0.1, 0.15) is 0 Å². The van der Waals surface area contributed by atoms with E-state index in [0.29, 0.717) is 13.1 Å². The van der Waals surface area contributed by atoms with Crippen LogP contribution in [0.1, 0.15) is 26.7 Å². The summed E-state index contributed by atoms with van der Waals surface area (Å²) in [6.45, 7) is 5.18. The van der Waals surface area contributed by atoms with E-state index < -0.39 is 0 Å². The highest BCUT2D eigenvalue weighted by molar-refractivity contribution is 5.86. The minimum Gasteiger partial charge on any atom is -0.369 e. The Labute approximate surface area is 89.8 Å². The zero-order chi connectivity index (χ0) is 11.2. The Balaban J connectivity index is 2.02. The summed E-state index contributed by atoms with van der Waals surface area (Å²) >= 11 is 0. The monoisotopic (exact) mass is 210 g/mol. The SMILES string of the molecule is C[C@@H]1CN(C(=O)C2(C)CC2)C[C@H]1C(N)=O. The maximum Gasteiger partial charge on any atom is 0.228 e. The average Bonchev–Trinajstić information content (AvgIpc) is 2.77. The topological polar surface area (TPSA) is 63.4 Å². The van der Waals surface area contributed by atoms with Crippen LogP contribution in [0, 0.1) is 17.3 Å². The van der Waals surface area contributed by atoms with Crippen LogP contribution in [0.5, 0.6) is 0 Å². The molecular weight excluding hydrogens is 192 g/mol. The van der Waals surface area contributed by atoms with Crippen LogP contribution in [0.15, 0.2) is 0 Å². The molecule has 2 atom stereocenters. The number of hydrogen-bond donors (Lipinski definition) is 1. The fourth-order valence-electron chi connectivity index (χ4n) is 2.29. The molecule has 0 bridgehead atoms. The second kappa shape index (κ2) is 3.22. The van der Waals surface area contributed by atoms with Crippen LogP contribution < -0.4 is 5.73 Å². The molecule has 84 valence electrons. The summed E-state index contributed by atoms with van der Waals surface area (Å²) < 4.78 is 0. The molecular formula is C11H18N2O2. The van der Waals surface area contributed by atoms with E-state index >= 15 is 0 Å². The lowest BCUT2D eigenvalue weighted by atomic mass is 9.98. The highest BCUT2D eigenvalue weighted by atomic mass is 16.2. The third kappa shape index (κ3) is 1.73. The zero-order valence-corrected chi connectivity index (χ0v) is 9.32. The molecule has 0 aromatic carbocycles. The summed E-state index contributed by atoms with van der Waals surface area (Å²) in [6, 6.07) is 0. The number of carbonyl (C=O) groups is 2. The molecule has 0 radical (unpaired) electrons. The molecule has 2 rings (SSSR count). The van der Waals surface area contributed by atoms with Crippen LogP contribution in [0.4, 0.5) is 0 Å². The van der Waals surface area contributed by atoms with Crippen LogP contribution in [0.3, 0.4) is 0 Å². The number of carbonyl (C=O) groups excluding carboxylic acids is 2. The predicted molar refractivity (Wildman–Crippen MR) is 55.8 cm³/mol. The van der Waals surface area contributed by atoms with Gasteiger partial charge in [0.15, 0.2) is 0 Å². The van der Waals surface area contributed by atoms with Gasteiger partial charge in [-0.15, -0.1) is 0 Å². The van der Waals surface area contributed by atoms with E-state index in [-0.39, 0.29) is 29.1 Å². The smallest absolute Gasteiger partial charge is 0.228 e.